The van der Waals surface area contributed by atoms with Crippen LogP contribution in [0.1, 0.15) is 24.8 Å². The summed E-state index contributed by atoms with van der Waals surface area (Å²) >= 11 is 0. The molecule has 1 atom stereocenters. The summed E-state index contributed by atoms with van der Waals surface area (Å²) in [5, 5.41) is 2.70. The van der Waals surface area contributed by atoms with Crippen LogP contribution in [0.25, 0.3) is 0 Å². The van der Waals surface area contributed by atoms with E-state index in [1.807, 2.05) is 0 Å². The zero-order valence-corrected chi connectivity index (χ0v) is 10.3. The van der Waals surface area contributed by atoms with Crippen molar-refractivity contribution in [3.05, 3.63) is 29.6 Å². The van der Waals surface area contributed by atoms with Crippen LogP contribution in [-0.2, 0) is 10.9 Å². The van der Waals surface area contributed by atoms with Gasteiger partial charge in [0.15, 0.2) is 0 Å². The number of halogens is 4. The minimum atomic E-state index is -4.46. The molecule has 0 amide bonds. The van der Waals surface area contributed by atoms with E-state index in [1.54, 1.807) is 0 Å². The lowest BCUT2D eigenvalue weighted by Crippen LogP contribution is -2.14. The summed E-state index contributed by atoms with van der Waals surface area (Å²) in [4.78, 5) is 0. The normalized spacial score (nSPS) is 19.7. The monoisotopic (exact) mass is 277 g/mol. The van der Waals surface area contributed by atoms with Crippen molar-refractivity contribution in [3.8, 4) is 0 Å². The Kier molecular flexibility index (Phi) is 4.29. The van der Waals surface area contributed by atoms with Crippen molar-refractivity contribution in [2.75, 3.05) is 18.5 Å². The topological polar surface area (TPSA) is 21.3 Å². The Balaban J connectivity index is 1.94. The number of ether oxygens (including phenoxy) is 1. The van der Waals surface area contributed by atoms with Gasteiger partial charge in [0.05, 0.1) is 17.4 Å². The van der Waals surface area contributed by atoms with Crippen LogP contribution in [-0.4, -0.2) is 19.3 Å². The average Bonchev–Trinajstić information content (AvgIpc) is 2.83. The van der Waals surface area contributed by atoms with E-state index in [9.17, 15) is 17.6 Å². The van der Waals surface area contributed by atoms with Gasteiger partial charge in [0.1, 0.15) is 5.82 Å². The van der Waals surface area contributed by atoms with Gasteiger partial charge in [-0.2, -0.15) is 13.2 Å². The third-order valence-corrected chi connectivity index (χ3v) is 3.10. The highest BCUT2D eigenvalue weighted by Gasteiger charge is 2.31. The predicted molar refractivity (Wildman–Crippen MR) is 63.5 cm³/mol. The van der Waals surface area contributed by atoms with Crippen LogP contribution in [0.2, 0.25) is 0 Å². The fourth-order valence-electron chi connectivity index (χ4n) is 2.08. The molecule has 0 aromatic heterocycles. The van der Waals surface area contributed by atoms with E-state index in [0.717, 1.165) is 37.6 Å². The van der Waals surface area contributed by atoms with Crippen LogP contribution in [0.5, 0.6) is 0 Å². The maximum absolute atomic E-state index is 13.4. The molecule has 1 N–H and O–H groups in total. The van der Waals surface area contributed by atoms with Crippen molar-refractivity contribution in [2.24, 2.45) is 0 Å². The second-order valence-corrected chi connectivity index (χ2v) is 4.54. The number of hydrogen-bond acceptors (Lipinski definition) is 2. The number of nitrogens with one attached hydrogen (secondary N) is 1. The Labute approximate surface area is 108 Å². The standard InChI is InChI=1S/C13H15F4NO/c14-11-4-3-9(13(15,16)17)8-12(11)18-6-5-10-2-1-7-19-10/h3-4,8,10,18H,1-2,5-7H2. The largest absolute Gasteiger partial charge is 0.416 e. The molecular weight excluding hydrogens is 262 g/mol. The second-order valence-electron chi connectivity index (χ2n) is 4.54. The Morgan fingerprint density at radius 3 is 2.74 bits per heavy atom. The SMILES string of the molecule is Fc1ccc(C(F)(F)F)cc1NCCC1CCCO1. The van der Waals surface area contributed by atoms with Gasteiger partial charge in [-0.1, -0.05) is 0 Å². The third kappa shape index (κ3) is 3.83. The second kappa shape index (κ2) is 5.77. The highest BCUT2D eigenvalue weighted by molar-refractivity contribution is 5.48. The number of rotatable bonds is 4. The first-order valence-electron chi connectivity index (χ1n) is 6.19. The van der Waals surface area contributed by atoms with E-state index >= 15 is 0 Å². The first kappa shape index (κ1) is 14.1. The molecule has 1 heterocycles. The van der Waals surface area contributed by atoms with Gasteiger partial charge in [0.2, 0.25) is 0 Å². The van der Waals surface area contributed by atoms with Crippen LogP contribution in [0.4, 0.5) is 23.2 Å². The minimum absolute atomic E-state index is 0.118. The van der Waals surface area contributed by atoms with E-state index in [1.165, 1.54) is 0 Å². The maximum atomic E-state index is 13.4. The lowest BCUT2D eigenvalue weighted by atomic mass is 10.1. The number of hydrogen-bond donors (Lipinski definition) is 1. The Hall–Kier alpha value is -1.30. The van der Waals surface area contributed by atoms with Gasteiger partial charge in [0.25, 0.3) is 0 Å². The van der Waals surface area contributed by atoms with Gasteiger partial charge in [-0.25, -0.2) is 4.39 Å². The highest BCUT2D eigenvalue weighted by Crippen LogP contribution is 2.31. The number of anilines is 1. The molecule has 1 aromatic carbocycles. The van der Waals surface area contributed by atoms with Gasteiger partial charge in [-0.15, -0.1) is 0 Å². The molecular formula is C13H15F4NO. The molecule has 6 heteroatoms. The molecule has 2 rings (SSSR count). The van der Waals surface area contributed by atoms with Crippen LogP contribution in [0.3, 0.4) is 0 Å². The molecule has 1 fully saturated rings. The smallest absolute Gasteiger partial charge is 0.383 e. The molecule has 106 valence electrons. The molecule has 0 bridgehead atoms. The molecule has 0 radical (unpaired) electrons. The first-order chi connectivity index (χ1) is 8.97. The summed E-state index contributed by atoms with van der Waals surface area (Å²) in [5.41, 5.74) is -0.971. The van der Waals surface area contributed by atoms with Gasteiger partial charge in [-0.3, -0.25) is 0 Å². The van der Waals surface area contributed by atoms with Crippen LogP contribution in [0, 0.1) is 5.82 Å². The molecule has 0 aliphatic carbocycles. The zero-order valence-electron chi connectivity index (χ0n) is 10.3. The molecule has 19 heavy (non-hydrogen) atoms. The van der Waals surface area contributed by atoms with Crippen molar-refractivity contribution in [2.45, 2.75) is 31.5 Å². The first-order valence-corrected chi connectivity index (χ1v) is 6.19. The third-order valence-electron chi connectivity index (χ3n) is 3.10. The van der Waals surface area contributed by atoms with E-state index < -0.39 is 17.6 Å². The van der Waals surface area contributed by atoms with E-state index in [4.69, 9.17) is 4.74 Å². The molecule has 1 aliphatic heterocycles. The van der Waals surface area contributed by atoms with Gasteiger partial charge < -0.3 is 10.1 Å². The summed E-state index contributed by atoms with van der Waals surface area (Å²) in [6.07, 6.45) is -1.72. The molecule has 0 spiro atoms. The van der Waals surface area contributed by atoms with Gasteiger partial charge >= 0.3 is 6.18 Å². The van der Waals surface area contributed by atoms with Crippen molar-refractivity contribution >= 4 is 5.69 Å². The predicted octanol–water partition coefficient (Wildman–Crippen LogP) is 3.83. The van der Waals surface area contributed by atoms with E-state index in [0.29, 0.717) is 13.0 Å². The number of alkyl halides is 3. The minimum Gasteiger partial charge on any atom is -0.383 e. The van der Waals surface area contributed by atoms with Gasteiger partial charge in [-0.05, 0) is 37.5 Å². The average molecular weight is 277 g/mol. The van der Waals surface area contributed by atoms with Crippen LogP contribution < -0.4 is 5.32 Å². The molecule has 2 nitrogen and oxygen atoms in total. The fourth-order valence-corrected chi connectivity index (χ4v) is 2.08. The summed E-state index contributed by atoms with van der Waals surface area (Å²) in [6.45, 7) is 1.12. The molecule has 1 saturated heterocycles. The lowest BCUT2D eigenvalue weighted by Gasteiger charge is -2.13. The van der Waals surface area contributed by atoms with Crippen molar-refractivity contribution < 1.29 is 22.3 Å². The Morgan fingerprint density at radius 1 is 1.32 bits per heavy atom. The van der Waals surface area contributed by atoms with Crippen LogP contribution in [0.15, 0.2) is 18.2 Å². The quantitative estimate of drug-likeness (QED) is 0.845. The van der Waals surface area contributed by atoms with E-state index in [-0.39, 0.29) is 11.8 Å². The Morgan fingerprint density at radius 2 is 2.11 bits per heavy atom. The maximum Gasteiger partial charge on any atom is 0.416 e. The van der Waals surface area contributed by atoms with Crippen molar-refractivity contribution in [1.29, 1.82) is 0 Å². The molecule has 1 aliphatic rings. The summed E-state index contributed by atoms with van der Waals surface area (Å²) in [7, 11) is 0. The van der Waals surface area contributed by atoms with Gasteiger partial charge in [0, 0.05) is 13.2 Å². The highest BCUT2D eigenvalue weighted by atomic mass is 19.4. The number of benzene rings is 1. The van der Waals surface area contributed by atoms with Crippen molar-refractivity contribution in [1.82, 2.24) is 0 Å². The molecule has 1 unspecified atom stereocenters. The van der Waals surface area contributed by atoms with Crippen LogP contribution >= 0.6 is 0 Å². The summed E-state index contributed by atoms with van der Waals surface area (Å²) < 4.78 is 56.3. The van der Waals surface area contributed by atoms with E-state index in [2.05, 4.69) is 5.32 Å². The van der Waals surface area contributed by atoms with Crippen molar-refractivity contribution in [3.63, 3.8) is 0 Å². The zero-order chi connectivity index (χ0) is 13.9. The fraction of sp³-hybridized carbons (Fsp3) is 0.538. The summed E-state index contributed by atoms with van der Waals surface area (Å²) in [6, 6.07) is 2.36. The Bertz CT molecular complexity index is 427. The molecule has 1 aromatic rings. The lowest BCUT2D eigenvalue weighted by molar-refractivity contribution is -0.137. The molecule has 0 saturated carbocycles. The summed E-state index contributed by atoms with van der Waals surface area (Å²) in [5.74, 6) is -0.680.